The average molecular weight is 282 g/mol. The Bertz CT molecular complexity index is 126. The van der Waals surface area contributed by atoms with E-state index in [1.807, 2.05) is 6.92 Å². The molecule has 1 aromatic heterocycles. The van der Waals surface area contributed by atoms with Crippen LogP contribution >= 0.6 is 0 Å². The third-order valence-electron chi connectivity index (χ3n) is 0.794. The van der Waals surface area contributed by atoms with Gasteiger partial charge in [0.25, 0.3) is 0 Å². The minimum atomic E-state index is 0. The zero-order chi connectivity index (χ0) is 5.11. The van der Waals surface area contributed by atoms with E-state index in [9.17, 15) is 0 Å². The van der Waals surface area contributed by atoms with Gasteiger partial charge in [0.15, 0.2) is 0 Å². The van der Waals surface area contributed by atoms with Crippen molar-refractivity contribution in [3.63, 3.8) is 0 Å². The first-order valence-corrected chi connectivity index (χ1v) is 2.23. The van der Waals surface area contributed by atoms with Gasteiger partial charge < -0.3 is 10.2 Å². The van der Waals surface area contributed by atoms with Gasteiger partial charge >= 0.3 is 0 Å². The summed E-state index contributed by atoms with van der Waals surface area (Å²) >= 11 is 0. The topological polar surface area (TPSA) is 39.9 Å². The van der Waals surface area contributed by atoms with Gasteiger partial charge in [-0.2, -0.15) is 0 Å². The van der Waals surface area contributed by atoms with Crippen LogP contribution in [0.4, 0.5) is 0 Å². The molecule has 45 valence electrons. The fraction of sp³-hybridized carbons (Fsp3) is 0.500. The summed E-state index contributed by atoms with van der Waals surface area (Å²) in [5, 5.41) is 10.6. The van der Waals surface area contributed by atoms with Crippen LogP contribution in [0, 0.1) is 0 Å². The van der Waals surface area contributed by atoms with Crippen LogP contribution < -0.4 is 5.10 Å². The number of aromatic nitrogens is 3. The molecule has 0 saturated carbocycles. The molecular weight excluding hydrogens is 276 g/mol. The molecule has 0 atom stereocenters. The predicted octanol–water partition coefficient (Wildman–Crippen LogP) is -0.00630. The minimum absolute atomic E-state index is 0. The molecule has 0 unspecified atom stereocenters. The summed E-state index contributed by atoms with van der Waals surface area (Å²) in [6.45, 7) is 2.02. The monoisotopic (exact) mass is 283 g/mol. The fourth-order valence-corrected chi connectivity index (χ4v) is 0.364. The third-order valence-corrected chi connectivity index (χ3v) is 0.794. The fourth-order valence-electron chi connectivity index (χ4n) is 0.364. The number of nitrogens with zero attached hydrogens (tertiary/aromatic N) is 3. The van der Waals surface area contributed by atoms with Crippen LogP contribution in [-0.4, -0.2) is 10.3 Å². The SMILES string of the molecule is CCc1c[n-]nn1.[Re]. The standard InChI is InChI=1S/C4H6N3.Re/c1-2-4-3-5-7-6-4;/h3H,2H2,1H3;/q-1;. The summed E-state index contributed by atoms with van der Waals surface area (Å²) < 4.78 is 0. The Kier molecular flexibility index (Phi) is 3.67. The van der Waals surface area contributed by atoms with Crippen LogP contribution in [0.25, 0.3) is 0 Å². The molecule has 0 bridgehead atoms. The van der Waals surface area contributed by atoms with E-state index in [4.69, 9.17) is 0 Å². The molecule has 0 fully saturated rings. The summed E-state index contributed by atoms with van der Waals surface area (Å²) in [6.07, 6.45) is 2.59. The van der Waals surface area contributed by atoms with Crippen molar-refractivity contribution in [2.24, 2.45) is 0 Å². The smallest absolute Gasteiger partial charge is 0 e. The number of hydrogen-bond donors (Lipinski definition) is 0. The number of rotatable bonds is 1. The number of hydrogen-bond acceptors (Lipinski definition) is 2. The zero-order valence-corrected chi connectivity index (χ0v) is 7.22. The molecule has 8 heavy (non-hydrogen) atoms. The van der Waals surface area contributed by atoms with Crippen molar-refractivity contribution in [2.45, 2.75) is 13.3 Å². The Hall–Kier alpha value is -0.198. The van der Waals surface area contributed by atoms with E-state index in [2.05, 4.69) is 15.4 Å². The molecule has 0 saturated heterocycles. The second-order valence-electron chi connectivity index (χ2n) is 1.28. The van der Waals surface area contributed by atoms with Crippen LogP contribution in [0.5, 0.6) is 0 Å². The molecule has 0 N–H and O–H groups in total. The van der Waals surface area contributed by atoms with Gasteiger partial charge in [0.2, 0.25) is 0 Å². The van der Waals surface area contributed by atoms with E-state index in [-0.39, 0.29) is 20.4 Å². The summed E-state index contributed by atoms with van der Waals surface area (Å²) in [7, 11) is 0. The predicted molar refractivity (Wildman–Crippen MR) is 24.7 cm³/mol. The van der Waals surface area contributed by atoms with E-state index < -0.39 is 0 Å². The Morgan fingerprint density at radius 3 is 2.75 bits per heavy atom. The zero-order valence-electron chi connectivity index (χ0n) is 4.50. The van der Waals surface area contributed by atoms with E-state index in [1.54, 1.807) is 6.20 Å². The second-order valence-corrected chi connectivity index (χ2v) is 1.28. The van der Waals surface area contributed by atoms with Gasteiger partial charge in [-0.1, -0.05) is 18.8 Å². The van der Waals surface area contributed by atoms with E-state index in [1.165, 1.54) is 0 Å². The summed E-state index contributed by atoms with van der Waals surface area (Å²) in [5.74, 6) is 0. The number of aryl methyl sites for hydroxylation is 1. The molecule has 1 radical (unpaired) electrons. The molecule has 1 aromatic rings. The van der Waals surface area contributed by atoms with Crippen LogP contribution in [0.2, 0.25) is 0 Å². The molecule has 3 nitrogen and oxygen atoms in total. The molecule has 1 rings (SSSR count). The maximum atomic E-state index is 3.67. The molecule has 0 aromatic carbocycles. The van der Waals surface area contributed by atoms with Crippen molar-refractivity contribution in [1.29, 1.82) is 0 Å². The van der Waals surface area contributed by atoms with Crippen LogP contribution in [0.1, 0.15) is 12.6 Å². The Labute approximate surface area is 61.5 Å². The summed E-state index contributed by atoms with van der Waals surface area (Å²) in [4.78, 5) is 0. The van der Waals surface area contributed by atoms with Crippen molar-refractivity contribution >= 4 is 0 Å². The van der Waals surface area contributed by atoms with Crippen molar-refractivity contribution < 1.29 is 20.4 Å². The largest absolute Gasteiger partial charge is 0.358 e. The van der Waals surface area contributed by atoms with Gasteiger partial charge in [0, 0.05) is 20.4 Å². The maximum Gasteiger partial charge on any atom is 0 e. The van der Waals surface area contributed by atoms with Crippen molar-refractivity contribution in [2.75, 3.05) is 0 Å². The van der Waals surface area contributed by atoms with Gasteiger partial charge in [-0.3, -0.25) is 5.21 Å². The first-order valence-electron chi connectivity index (χ1n) is 2.23. The molecule has 4 heteroatoms. The van der Waals surface area contributed by atoms with E-state index in [0.29, 0.717) is 0 Å². The third kappa shape index (κ3) is 1.73. The van der Waals surface area contributed by atoms with Crippen molar-refractivity contribution in [3.8, 4) is 0 Å². The van der Waals surface area contributed by atoms with E-state index >= 15 is 0 Å². The van der Waals surface area contributed by atoms with Gasteiger partial charge in [-0.25, -0.2) is 0 Å². The first kappa shape index (κ1) is 7.80. The van der Waals surface area contributed by atoms with E-state index in [0.717, 1.165) is 12.1 Å². The van der Waals surface area contributed by atoms with Gasteiger partial charge in [-0.15, -0.1) is 0 Å². The Balaban J connectivity index is 0.000000490. The molecular formula is C4H6N3Re-. The average Bonchev–Trinajstić information content (AvgIpc) is 2.14. The molecule has 1 heterocycles. The van der Waals surface area contributed by atoms with Crippen LogP contribution in [0.15, 0.2) is 6.20 Å². The maximum absolute atomic E-state index is 3.67. The molecule has 0 aliphatic heterocycles. The Morgan fingerprint density at radius 2 is 2.50 bits per heavy atom. The first-order chi connectivity index (χ1) is 3.43. The second kappa shape index (κ2) is 3.76. The van der Waals surface area contributed by atoms with Crippen molar-refractivity contribution in [1.82, 2.24) is 15.4 Å². The van der Waals surface area contributed by atoms with Gasteiger partial charge in [-0.05, 0) is 6.42 Å². The normalized spacial score (nSPS) is 8.12. The van der Waals surface area contributed by atoms with Gasteiger partial charge in [0.05, 0.1) is 0 Å². The summed E-state index contributed by atoms with van der Waals surface area (Å²) in [6, 6.07) is 0. The van der Waals surface area contributed by atoms with Gasteiger partial charge in [0.1, 0.15) is 0 Å². The molecule has 0 amide bonds. The van der Waals surface area contributed by atoms with Crippen LogP contribution in [-0.2, 0) is 26.8 Å². The quantitative estimate of drug-likeness (QED) is 0.727. The molecule has 0 aliphatic rings. The Morgan fingerprint density at radius 1 is 1.75 bits per heavy atom. The summed E-state index contributed by atoms with van der Waals surface area (Å²) in [5.41, 5.74) is 0.958. The minimum Gasteiger partial charge on any atom is -0.358 e. The van der Waals surface area contributed by atoms with Crippen LogP contribution in [0.3, 0.4) is 0 Å². The molecule has 0 spiro atoms. The molecule has 0 aliphatic carbocycles. The van der Waals surface area contributed by atoms with Crippen molar-refractivity contribution in [3.05, 3.63) is 11.9 Å².